The highest BCUT2D eigenvalue weighted by molar-refractivity contribution is 5.83. The Bertz CT molecular complexity index is 349. The van der Waals surface area contributed by atoms with Crippen LogP contribution in [0.25, 0.3) is 0 Å². The molecule has 108 valence electrons. The van der Waals surface area contributed by atoms with Crippen molar-refractivity contribution in [3.8, 4) is 0 Å². The van der Waals surface area contributed by atoms with Crippen molar-refractivity contribution < 1.29 is 14.3 Å². The van der Waals surface area contributed by atoms with Gasteiger partial charge in [0.05, 0.1) is 7.11 Å². The molecule has 1 unspecified atom stereocenters. The van der Waals surface area contributed by atoms with Gasteiger partial charge in [-0.05, 0) is 12.8 Å². The lowest BCUT2D eigenvalue weighted by Gasteiger charge is -2.20. The van der Waals surface area contributed by atoms with Crippen molar-refractivity contribution in [2.45, 2.75) is 25.8 Å². The quantitative estimate of drug-likeness (QED) is 0.618. The molecule has 1 atom stereocenters. The molecular formula is C12H22N4O3. The molecule has 2 N–H and O–H groups in total. The van der Waals surface area contributed by atoms with Gasteiger partial charge in [-0.15, -0.1) is 0 Å². The maximum Gasteiger partial charge on any atom is 0.328 e. The molecule has 0 bridgehead atoms. The van der Waals surface area contributed by atoms with E-state index in [0.717, 1.165) is 31.9 Å². The Hall–Kier alpha value is -1.79. The summed E-state index contributed by atoms with van der Waals surface area (Å²) in [4.78, 5) is 27.6. The van der Waals surface area contributed by atoms with Crippen molar-refractivity contribution in [1.29, 1.82) is 0 Å². The van der Waals surface area contributed by atoms with Gasteiger partial charge in [0, 0.05) is 33.6 Å². The summed E-state index contributed by atoms with van der Waals surface area (Å²) in [7, 11) is 3.11. The summed E-state index contributed by atoms with van der Waals surface area (Å²) in [5.74, 6) is 0.561. The summed E-state index contributed by atoms with van der Waals surface area (Å²) in [5, 5.41) is 6.09. The smallest absolute Gasteiger partial charge is 0.328 e. The predicted molar refractivity (Wildman–Crippen MR) is 71.8 cm³/mol. The van der Waals surface area contributed by atoms with Crippen molar-refractivity contribution in [1.82, 2.24) is 15.5 Å². The minimum atomic E-state index is -0.340. The van der Waals surface area contributed by atoms with E-state index in [1.807, 2.05) is 0 Å². The number of hydrogen-bond donors (Lipinski definition) is 2. The first-order valence-electron chi connectivity index (χ1n) is 6.39. The number of aliphatic imine (C=N–C) groups is 1. The zero-order valence-corrected chi connectivity index (χ0v) is 11.7. The Labute approximate surface area is 113 Å². The largest absolute Gasteiger partial charge is 0.467 e. The fourth-order valence-corrected chi connectivity index (χ4v) is 2.11. The molecular weight excluding hydrogens is 248 g/mol. The highest BCUT2D eigenvalue weighted by atomic mass is 16.5. The average molecular weight is 270 g/mol. The summed E-state index contributed by atoms with van der Waals surface area (Å²) in [6.07, 6.45) is 1.62. The van der Waals surface area contributed by atoms with Crippen LogP contribution in [0.5, 0.6) is 0 Å². The van der Waals surface area contributed by atoms with Gasteiger partial charge in [-0.25, -0.2) is 4.79 Å². The molecule has 7 heteroatoms. The van der Waals surface area contributed by atoms with Crippen LogP contribution in [0, 0.1) is 0 Å². The van der Waals surface area contributed by atoms with E-state index < -0.39 is 0 Å². The van der Waals surface area contributed by atoms with E-state index in [4.69, 9.17) is 0 Å². The molecule has 2 fully saturated rings. The standard InChI is InChI=1S/C8H13NO3.C4H9N3/c1-6(10)9-5-3-4-7(9)8(11)12-2;1-5-4-6-2-3-7-4/h7H,3-5H2,1-2H3;2-3H2,1H3,(H2,5,6,7). The van der Waals surface area contributed by atoms with Crippen LogP contribution in [0.15, 0.2) is 4.99 Å². The average Bonchev–Trinajstić information content (AvgIpc) is 3.08. The van der Waals surface area contributed by atoms with Gasteiger partial charge in [0.1, 0.15) is 6.04 Å². The Morgan fingerprint density at radius 1 is 1.37 bits per heavy atom. The summed E-state index contributed by atoms with van der Waals surface area (Å²) in [5.41, 5.74) is 0. The van der Waals surface area contributed by atoms with Crippen molar-refractivity contribution in [3.05, 3.63) is 0 Å². The van der Waals surface area contributed by atoms with Crippen molar-refractivity contribution >= 4 is 17.8 Å². The Morgan fingerprint density at radius 2 is 2.00 bits per heavy atom. The second-order valence-electron chi connectivity index (χ2n) is 4.32. The number of methoxy groups -OCH3 is 1. The van der Waals surface area contributed by atoms with Crippen LogP contribution >= 0.6 is 0 Å². The van der Waals surface area contributed by atoms with E-state index >= 15 is 0 Å². The monoisotopic (exact) mass is 270 g/mol. The molecule has 0 aliphatic carbocycles. The van der Waals surface area contributed by atoms with Gasteiger partial charge in [0.15, 0.2) is 5.96 Å². The molecule has 0 aromatic rings. The van der Waals surface area contributed by atoms with Crippen molar-refractivity contribution in [2.75, 3.05) is 33.8 Å². The third-order valence-corrected chi connectivity index (χ3v) is 3.06. The topological polar surface area (TPSA) is 83.0 Å². The second-order valence-corrected chi connectivity index (χ2v) is 4.32. The zero-order chi connectivity index (χ0) is 14.3. The molecule has 2 rings (SSSR count). The Morgan fingerprint density at radius 3 is 2.42 bits per heavy atom. The number of likely N-dealkylation sites (tertiary alicyclic amines) is 1. The molecule has 0 radical (unpaired) electrons. The van der Waals surface area contributed by atoms with E-state index in [1.165, 1.54) is 14.0 Å². The number of carbonyl (C=O) groups excluding carboxylic acids is 2. The molecule has 2 aliphatic heterocycles. The van der Waals surface area contributed by atoms with Gasteiger partial charge in [-0.1, -0.05) is 0 Å². The van der Waals surface area contributed by atoms with Crippen molar-refractivity contribution in [3.63, 3.8) is 0 Å². The molecule has 0 spiro atoms. The fraction of sp³-hybridized carbons (Fsp3) is 0.750. The first-order valence-corrected chi connectivity index (χ1v) is 6.39. The number of hydrogen-bond acceptors (Lipinski definition) is 4. The third kappa shape index (κ3) is 4.42. The number of amides is 1. The van der Waals surface area contributed by atoms with Crippen LogP contribution < -0.4 is 10.6 Å². The van der Waals surface area contributed by atoms with Crippen LogP contribution in [0.1, 0.15) is 19.8 Å². The zero-order valence-electron chi connectivity index (χ0n) is 11.7. The number of nitrogens with one attached hydrogen (secondary N) is 2. The van der Waals surface area contributed by atoms with Crippen LogP contribution in [0.3, 0.4) is 0 Å². The van der Waals surface area contributed by atoms with Gasteiger partial charge in [-0.3, -0.25) is 9.79 Å². The lowest BCUT2D eigenvalue weighted by Crippen LogP contribution is -2.39. The van der Waals surface area contributed by atoms with Gasteiger partial charge in [0.2, 0.25) is 5.91 Å². The summed E-state index contributed by atoms with van der Waals surface area (Å²) < 4.78 is 4.58. The van der Waals surface area contributed by atoms with Crippen LogP contribution in [-0.2, 0) is 14.3 Å². The molecule has 0 aromatic carbocycles. The summed E-state index contributed by atoms with van der Waals surface area (Å²) in [6, 6.07) is -0.340. The fourth-order valence-electron chi connectivity index (χ4n) is 2.11. The normalized spacial score (nSPS) is 20.9. The molecule has 7 nitrogen and oxygen atoms in total. The van der Waals surface area contributed by atoms with E-state index in [9.17, 15) is 9.59 Å². The number of guanidine groups is 1. The SMILES string of the molecule is CN=C1NCCN1.COC(=O)C1CCCN1C(C)=O. The van der Waals surface area contributed by atoms with Gasteiger partial charge >= 0.3 is 5.97 Å². The maximum absolute atomic E-state index is 11.1. The number of carbonyl (C=O) groups is 2. The molecule has 2 saturated heterocycles. The van der Waals surface area contributed by atoms with E-state index in [2.05, 4.69) is 20.4 Å². The number of rotatable bonds is 1. The first kappa shape index (κ1) is 15.3. The lowest BCUT2D eigenvalue weighted by molar-refractivity contribution is -0.150. The Balaban J connectivity index is 0.000000218. The minimum Gasteiger partial charge on any atom is -0.467 e. The van der Waals surface area contributed by atoms with E-state index in [1.54, 1.807) is 11.9 Å². The summed E-state index contributed by atoms with van der Waals surface area (Å²) >= 11 is 0. The molecule has 1 amide bonds. The number of ether oxygens (including phenoxy) is 1. The highest BCUT2D eigenvalue weighted by Crippen LogP contribution is 2.17. The minimum absolute atomic E-state index is 0.0529. The van der Waals surface area contributed by atoms with Crippen molar-refractivity contribution in [2.24, 2.45) is 4.99 Å². The van der Waals surface area contributed by atoms with Gasteiger partial charge < -0.3 is 20.3 Å². The van der Waals surface area contributed by atoms with Gasteiger partial charge in [-0.2, -0.15) is 0 Å². The van der Waals surface area contributed by atoms with Crippen LogP contribution in [0.4, 0.5) is 0 Å². The van der Waals surface area contributed by atoms with Crippen LogP contribution in [-0.4, -0.2) is 62.6 Å². The summed E-state index contributed by atoms with van der Waals surface area (Å²) in [6.45, 7) is 4.16. The first-order chi connectivity index (χ1) is 9.10. The molecule has 0 aromatic heterocycles. The lowest BCUT2D eigenvalue weighted by atomic mass is 10.2. The highest BCUT2D eigenvalue weighted by Gasteiger charge is 2.32. The third-order valence-electron chi connectivity index (χ3n) is 3.06. The van der Waals surface area contributed by atoms with E-state index in [-0.39, 0.29) is 17.9 Å². The van der Waals surface area contributed by atoms with E-state index in [0.29, 0.717) is 6.54 Å². The Kier molecular flexibility index (Phi) is 6.11. The molecule has 2 heterocycles. The number of esters is 1. The molecule has 19 heavy (non-hydrogen) atoms. The van der Waals surface area contributed by atoms with Crippen LogP contribution in [0.2, 0.25) is 0 Å². The maximum atomic E-state index is 11.1. The van der Waals surface area contributed by atoms with Gasteiger partial charge in [0.25, 0.3) is 0 Å². The molecule has 2 aliphatic rings. The predicted octanol–water partition coefficient (Wildman–Crippen LogP) is -0.665. The molecule has 0 saturated carbocycles. The second kappa shape index (κ2) is 7.60. The number of nitrogens with zero attached hydrogens (tertiary/aromatic N) is 2.